The van der Waals surface area contributed by atoms with Crippen LogP contribution in [0.25, 0.3) is 0 Å². The Morgan fingerprint density at radius 3 is 2.53 bits per heavy atom. The molecule has 1 aliphatic rings. The van der Waals surface area contributed by atoms with Gasteiger partial charge in [0.1, 0.15) is 0 Å². The summed E-state index contributed by atoms with van der Waals surface area (Å²) in [4.78, 5) is 2.53. The normalized spacial score (nSPS) is 19.8. The van der Waals surface area contributed by atoms with E-state index in [1.807, 2.05) is 0 Å². The highest BCUT2D eigenvalue weighted by molar-refractivity contribution is 9.10. The Bertz CT molecular complexity index is 372. The van der Waals surface area contributed by atoms with E-state index in [-0.39, 0.29) is 11.6 Å². The van der Waals surface area contributed by atoms with Crippen molar-refractivity contribution in [2.45, 2.75) is 38.3 Å². The first-order chi connectivity index (χ1) is 8.07. The van der Waals surface area contributed by atoms with Gasteiger partial charge in [-0.15, -0.1) is 0 Å². The minimum absolute atomic E-state index is 0.0366. The predicted octanol–water partition coefficient (Wildman–Crippen LogP) is 2.89. The van der Waals surface area contributed by atoms with Gasteiger partial charge in [-0.1, -0.05) is 0 Å². The van der Waals surface area contributed by atoms with Crippen molar-refractivity contribution in [3.05, 3.63) is 20.8 Å². The van der Waals surface area contributed by atoms with Crippen molar-refractivity contribution >= 4 is 27.3 Å². The highest BCUT2D eigenvalue weighted by Gasteiger charge is 2.38. The molecular weight excluding hydrogens is 298 g/mol. The monoisotopic (exact) mass is 317 g/mol. The van der Waals surface area contributed by atoms with Gasteiger partial charge in [0.2, 0.25) is 0 Å². The summed E-state index contributed by atoms with van der Waals surface area (Å²) in [6.45, 7) is 6.89. The van der Waals surface area contributed by atoms with Crippen LogP contribution in [-0.2, 0) is 0 Å². The van der Waals surface area contributed by atoms with Crippen LogP contribution < -0.4 is 11.3 Å². The molecule has 17 heavy (non-hydrogen) atoms. The fourth-order valence-corrected chi connectivity index (χ4v) is 4.20. The minimum Gasteiger partial charge on any atom is -0.296 e. The summed E-state index contributed by atoms with van der Waals surface area (Å²) in [7, 11) is 0. The lowest BCUT2D eigenvalue weighted by molar-refractivity contribution is 0.107. The van der Waals surface area contributed by atoms with Crippen LogP contribution >= 0.6 is 27.3 Å². The van der Waals surface area contributed by atoms with Crippen molar-refractivity contribution in [3.8, 4) is 0 Å². The highest BCUT2D eigenvalue weighted by atomic mass is 79.9. The zero-order valence-corrected chi connectivity index (χ0v) is 12.8. The molecule has 0 aliphatic carbocycles. The van der Waals surface area contributed by atoms with Crippen LogP contribution in [0.2, 0.25) is 0 Å². The molecule has 0 aromatic carbocycles. The summed E-state index contributed by atoms with van der Waals surface area (Å²) in [5.74, 6) is 5.79. The number of hydrogen-bond acceptors (Lipinski definition) is 4. The molecule has 0 bridgehead atoms. The number of nitrogens with zero attached hydrogens (tertiary/aromatic N) is 1. The summed E-state index contributed by atoms with van der Waals surface area (Å²) in [5.41, 5.74) is 4.29. The number of nitrogens with one attached hydrogen (secondary N) is 1. The molecule has 1 aromatic heterocycles. The molecule has 3 N–H and O–H groups in total. The Labute approximate surface area is 115 Å². The van der Waals surface area contributed by atoms with E-state index in [0.29, 0.717) is 0 Å². The van der Waals surface area contributed by atoms with E-state index >= 15 is 0 Å². The summed E-state index contributed by atoms with van der Waals surface area (Å²) in [5, 5.41) is 4.28. The average Bonchev–Trinajstić information content (AvgIpc) is 2.91. The van der Waals surface area contributed by atoms with E-state index in [2.05, 4.69) is 50.9 Å². The van der Waals surface area contributed by atoms with Crippen LogP contribution in [0.5, 0.6) is 0 Å². The molecule has 0 radical (unpaired) electrons. The molecule has 1 aliphatic heterocycles. The Balaban J connectivity index is 2.25. The Morgan fingerprint density at radius 1 is 1.41 bits per heavy atom. The third kappa shape index (κ3) is 2.58. The minimum atomic E-state index is 0.0366. The maximum Gasteiger partial charge on any atom is 0.0657 e. The Morgan fingerprint density at radius 2 is 2.06 bits per heavy atom. The first-order valence-corrected chi connectivity index (χ1v) is 7.73. The van der Waals surface area contributed by atoms with Crippen LogP contribution in [0.15, 0.2) is 15.2 Å². The number of hydrazine groups is 1. The lowest BCUT2D eigenvalue weighted by atomic mass is 9.89. The molecule has 0 spiro atoms. The Kier molecular flexibility index (Phi) is 4.26. The van der Waals surface area contributed by atoms with Gasteiger partial charge in [-0.2, -0.15) is 11.3 Å². The number of halogens is 1. The largest absolute Gasteiger partial charge is 0.296 e. The molecule has 0 saturated carbocycles. The molecule has 1 aromatic rings. The number of thiophene rings is 1. The van der Waals surface area contributed by atoms with Crippen molar-refractivity contribution in [1.82, 2.24) is 10.3 Å². The van der Waals surface area contributed by atoms with E-state index in [9.17, 15) is 0 Å². The number of hydrogen-bond donors (Lipinski definition) is 2. The third-order valence-electron chi connectivity index (χ3n) is 3.75. The standard InChI is InChI=1S/C12H20BrN3S/c1-12(2,16-5-3-4-6-16)11(15-14)9-7-17-8-10(9)13/h7-8,11,15H,3-6,14H2,1-2H3. The number of likely N-dealkylation sites (tertiary alicyclic amines) is 1. The summed E-state index contributed by atoms with van der Waals surface area (Å²) >= 11 is 5.31. The lowest BCUT2D eigenvalue weighted by Gasteiger charge is -2.41. The van der Waals surface area contributed by atoms with Crippen molar-refractivity contribution in [2.24, 2.45) is 5.84 Å². The highest BCUT2D eigenvalue weighted by Crippen LogP contribution is 2.37. The molecule has 2 rings (SSSR count). The first kappa shape index (κ1) is 13.5. The first-order valence-electron chi connectivity index (χ1n) is 6.00. The maximum absolute atomic E-state index is 5.79. The fourth-order valence-electron chi connectivity index (χ4n) is 2.65. The van der Waals surface area contributed by atoms with Gasteiger partial charge in [0.15, 0.2) is 0 Å². The van der Waals surface area contributed by atoms with E-state index in [1.54, 1.807) is 11.3 Å². The quantitative estimate of drug-likeness (QED) is 0.662. The summed E-state index contributed by atoms with van der Waals surface area (Å²) in [6, 6.07) is 0.154. The topological polar surface area (TPSA) is 41.3 Å². The van der Waals surface area contributed by atoms with Crippen molar-refractivity contribution in [1.29, 1.82) is 0 Å². The van der Waals surface area contributed by atoms with Gasteiger partial charge < -0.3 is 0 Å². The van der Waals surface area contributed by atoms with Gasteiger partial charge in [-0.05, 0) is 66.7 Å². The van der Waals surface area contributed by atoms with Gasteiger partial charge in [-0.25, -0.2) is 0 Å². The van der Waals surface area contributed by atoms with Crippen molar-refractivity contribution in [3.63, 3.8) is 0 Å². The van der Waals surface area contributed by atoms with Gasteiger partial charge in [0.25, 0.3) is 0 Å². The molecule has 1 fully saturated rings. The Hall–Kier alpha value is 0.0600. The van der Waals surface area contributed by atoms with Gasteiger partial charge in [0, 0.05) is 15.4 Å². The van der Waals surface area contributed by atoms with Gasteiger partial charge in [0.05, 0.1) is 6.04 Å². The average molecular weight is 318 g/mol. The molecule has 1 atom stereocenters. The SMILES string of the molecule is CC(C)(C(NN)c1cscc1Br)N1CCCC1. The molecule has 1 saturated heterocycles. The van der Waals surface area contributed by atoms with Crippen LogP contribution in [0.1, 0.15) is 38.3 Å². The molecular formula is C12H20BrN3S. The van der Waals surface area contributed by atoms with Crippen LogP contribution in [0.4, 0.5) is 0 Å². The molecule has 2 heterocycles. The number of nitrogens with two attached hydrogens (primary N) is 1. The predicted molar refractivity (Wildman–Crippen MR) is 77.0 cm³/mol. The van der Waals surface area contributed by atoms with Crippen molar-refractivity contribution < 1.29 is 0 Å². The zero-order valence-electron chi connectivity index (χ0n) is 10.4. The number of rotatable bonds is 4. The zero-order chi connectivity index (χ0) is 12.5. The van der Waals surface area contributed by atoms with Gasteiger partial charge >= 0.3 is 0 Å². The van der Waals surface area contributed by atoms with Crippen LogP contribution in [-0.4, -0.2) is 23.5 Å². The van der Waals surface area contributed by atoms with Gasteiger partial charge in [-0.3, -0.25) is 16.2 Å². The summed E-state index contributed by atoms with van der Waals surface area (Å²) in [6.07, 6.45) is 2.59. The second kappa shape index (κ2) is 5.36. The molecule has 0 amide bonds. The molecule has 96 valence electrons. The van der Waals surface area contributed by atoms with E-state index in [4.69, 9.17) is 5.84 Å². The maximum atomic E-state index is 5.79. The lowest BCUT2D eigenvalue weighted by Crippen LogP contribution is -2.53. The third-order valence-corrected chi connectivity index (χ3v) is 5.50. The fraction of sp³-hybridized carbons (Fsp3) is 0.667. The molecule has 1 unspecified atom stereocenters. The second-order valence-corrected chi connectivity index (χ2v) is 6.72. The van der Waals surface area contributed by atoms with Crippen molar-refractivity contribution in [2.75, 3.05) is 13.1 Å². The molecule has 3 nitrogen and oxygen atoms in total. The smallest absolute Gasteiger partial charge is 0.0657 e. The van der Waals surface area contributed by atoms with E-state index in [0.717, 1.165) is 4.47 Å². The molecule has 5 heteroatoms. The second-order valence-electron chi connectivity index (χ2n) is 5.12. The summed E-state index contributed by atoms with van der Waals surface area (Å²) < 4.78 is 1.15. The van der Waals surface area contributed by atoms with Crippen LogP contribution in [0.3, 0.4) is 0 Å². The van der Waals surface area contributed by atoms with E-state index < -0.39 is 0 Å². The van der Waals surface area contributed by atoms with Crippen LogP contribution in [0, 0.1) is 0 Å². The van der Waals surface area contributed by atoms with E-state index in [1.165, 1.54) is 31.5 Å².